The predicted octanol–water partition coefficient (Wildman–Crippen LogP) is 3.60. The van der Waals surface area contributed by atoms with E-state index < -0.39 is 0 Å². The van der Waals surface area contributed by atoms with E-state index in [1.54, 1.807) is 11.8 Å². The highest BCUT2D eigenvalue weighted by Gasteiger charge is 2.23. The summed E-state index contributed by atoms with van der Waals surface area (Å²) in [5.74, 6) is 2.07. The predicted molar refractivity (Wildman–Crippen MR) is 81.0 cm³/mol. The molecule has 1 aromatic carbocycles. The Morgan fingerprint density at radius 1 is 1.35 bits per heavy atom. The van der Waals surface area contributed by atoms with Crippen LogP contribution in [0.1, 0.15) is 38.2 Å². The lowest BCUT2D eigenvalue weighted by Gasteiger charge is -2.28. The third-order valence-corrected chi connectivity index (χ3v) is 4.69. The Morgan fingerprint density at radius 3 is 2.70 bits per heavy atom. The minimum atomic E-state index is 0.173. The molecule has 1 aliphatic carbocycles. The van der Waals surface area contributed by atoms with Crippen LogP contribution in [0.5, 0.6) is 5.75 Å². The van der Waals surface area contributed by atoms with Gasteiger partial charge in [0.2, 0.25) is 0 Å². The molecule has 0 spiro atoms. The molecule has 0 radical (unpaired) electrons. The lowest BCUT2D eigenvalue weighted by molar-refractivity contribution is 0.104. The van der Waals surface area contributed by atoms with E-state index in [-0.39, 0.29) is 12.7 Å². The zero-order valence-corrected chi connectivity index (χ0v) is 12.7. The topological polar surface area (TPSA) is 53.2 Å². The molecule has 0 unspecified atom stereocenters. The van der Waals surface area contributed by atoms with Gasteiger partial charge in [0.1, 0.15) is 17.4 Å². The average Bonchev–Trinajstić information content (AvgIpc) is 2.49. The summed E-state index contributed by atoms with van der Waals surface area (Å²) in [6, 6.07) is 8.08. The second kappa shape index (κ2) is 7.56. The highest BCUT2D eigenvalue weighted by Crippen LogP contribution is 2.33. The first-order valence-electron chi connectivity index (χ1n) is 7.21. The first-order chi connectivity index (χ1) is 9.78. The van der Waals surface area contributed by atoms with Crippen molar-refractivity contribution >= 4 is 11.8 Å². The number of hydrogen-bond acceptors (Lipinski definition) is 4. The van der Waals surface area contributed by atoms with Gasteiger partial charge >= 0.3 is 0 Å². The fourth-order valence-corrected chi connectivity index (χ4v) is 3.38. The first kappa shape index (κ1) is 15.2. The Labute approximate surface area is 124 Å². The molecular formula is C16H21NO2S. The van der Waals surface area contributed by atoms with Crippen LogP contribution in [-0.2, 0) is 0 Å². The van der Waals surface area contributed by atoms with Crippen LogP contribution in [0.15, 0.2) is 23.1 Å². The van der Waals surface area contributed by atoms with Gasteiger partial charge in [-0.15, -0.1) is 11.8 Å². The Balaban J connectivity index is 2.06. The summed E-state index contributed by atoms with van der Waals surface area (Å²) in [6.45, 7) is 2.36. The van der Waals surface area contributed by atoms with Gasteiger partial charge in [-0.25, -0.2) is 0 Å². The minimum Gasteiger partial charge on any atom is -0.489 e. The average molecular weight is 291 g/mol. The Kier molecular flexibility index (Phi) is 5.75. The van der Waals surface area contributed by atoms with Gasteiger partial charge in [0.05, 0.1) is 6.10 Å². The van der Waals surface area contributed by atoms with Crippen molar-refractivity contribution in [2.45, 2.75) is 43.6 Å². The molecule has 1 aliphatic rings. The van der Waals surface area contributed by atoms with Gasteiger partial charge in [-0.1, -0.05) is 13.0 Å². The molecule has 1 aromatic rings. The number of benzene rings is 1. The Bertz CT molecular complexity index is 476. The van der Waals surface area contributed by atoms with E-state index in [1.165, 1.54) is 0 Å². The number of ether oxygens (including phenoxy) is 1. The SMILES string of the molecule is CCSc1cccc(OC2CCC(CO)CC2)c1C#N. The van der Waals surface area contributed by atoms with Gasteiger partial charge in [0.25, 0.3) is 0 Å². The van der Waals surface area contributed by atoms with Crippen LogP contribution < -0.4 is 4.74 Å². The third-order valence-electron chi connectivity index (χ3n) is 3.75. The van der Waals surface area contributed by atoms with Crippen molar-refractivity contribution < 1.29 is 9.84 Å². The monoisotopic (exact) mass is 291 g/mol. The van der Waals surface area contributed by atoms with Gasteiger partial charge in [-0.3, -0.25) is 0 Å². The van der Waals surface area contributed by atoms with Crippen LogP contribution >= 0.6 is 11.8 Å². The van der Waals surface area contributed by atoms with E-state index in [2.05, 4.69) is 13.0 Å². The first-order valence-corrected chi connectivity index (χ1v) is 8.20. The molecule has 1 N–H and O–H groups in total. The van der Waals surface area contributed by atoms with Gasteiger partial charge in [0.15, 0.2) is 0 Å². The van der Waals surface area contributed by atoms with E-state index in [0.717, 1.165) is 36.3 Å². The maximum atomic E-state index is 9.36. The fraction of sp³-hybridized carbons (Fsp3) is 0.562. The van der Waals surface area contributed by atoms with Crippen molar-refractivity contribution in [1.29, 1.82) is 5.26 Å². The molecule has 0 heterocycles. The minimum absolute atomic E-state index is 0.173. The highest BCUT2D eigenvalue weighted by atomic mass is 32.2. The summed E-state index contributed by atoms with van der Waals surface area (Å²) in [4.78, 5) is 0.997. The zero-order chi connectivity index (χ0) is 14.4. The second-order valence-electron chi connectivity index (χ2n) is 5.12. The number of hydrogen-bond donors (Lipinski definition) is 1. The lowest BCUT2D eigenvalue weighted by Crippen LogP contribution is -2.25. The van der Waals surface area contributed by atoms with Crippen LogP contribution in [0.4, 0.5) is 0 Å². The number of nitrogens with zero attached hydrogens (tertiary/aromatic N) is 1. The summed E-state index contributed by atoms with van der Waals surface area (Å²) >= 11 is 1.67. The summed E-state index contributed by atoms with van der Waals surface area (Å²) in [6.07, 6.45) is 4.10. The maximum Gasteiger partial charge on any atom is 0.138 e. The molecule has 0 bridgehead atoms. The highest BCUT2D eigenvalue weighted by molar-refractivity contribution is 7.99. The smallest absolute Gasteiger partial charge is 0.138 e. The summed E-state index contributed by atoms with van der Waals surface area (Å²) in [5.41, 5.74) is 0.656. The van der Waals surface area contributed by atoms with Gasteiger partial charge in [0, 0.05) is 11.5 Å². The molecule has 0 aliphatic heterocycles. The van der Waals surface area contributed by atoms with Crippen molar-refractivity contribution in [1.82, 2.24) is 0 Å². The molecule has 108 valence electrons. The van der Waals surface area contributed by atoms with Crippen molar-refractivity contribution in [3.05, 3.63) is 23.8 Å². The molecule has 0 atom stereocenters. The van der Waals surface area contributed by atoms with E-state index in [9.17, 15) is 5.26 Å². The van der Waals surface area contributed by atoms with Crippen molar-refractivity contribution in [2.24, 2.45) is 5.92 Å². The van der Waals surface area contributed by atoms with Crippen LogP contribution in [-0.4, -0.2) is 23.6 Å². The molecule has 0 saturated heterocycles. The molecular weight excluding hydrogens is 270 g/mol. The summed E-state index contributed by atoms with van der Waals surface area (Å²) in [5, 5.41) is 18.5. The number of aliphatic hydroxyl groups is 1. The Morgan fingerprint density at radius 2 is 2.10 bits per heavy atom. The van der Waals surface area contributed by atoms with Crippen molar-refractivity contribution in [3.63, 3.8) is 0 Å². The van der Waals surface area contributed by atoms with Gasteiger partial charge < -0.3 is 9.84 Å². The van der Waals surface area contributed by atoms with E-state index in [1.807, 2.05) is 18.2 Å². The molecule has 0 amide bonds. The molecule has 4 heteroatoms. The van der Waals surface area contributed by atoms with E-state index in [4.69, 9.17) is 9.84 Å². The van der Waals surface area contributed by atoms with Gasteiger partial charge in [-0.05, 0) is 49.5 Å². The summed E-state index contributed by atoms with van der Waals surface area (Å²) in [7, 11) is 0. The molecule has 1 saturated carbocycles. The number of rotatable bonds is 5. The molecule has 2 rings (SSSR count). The van der Waals surface area contributed by atoms with Crippen molar-refractivity contribution in [3.8, 4) is 11.8 Å². The third kappa shape index (κ3) is 3.68. The molecule has 0 aromatic heterocycles. The molecule has 3 nitrogen and oxygen atoms in total. The Hall–Kier alpha value is -1.18. The van der Waals surface area contributed by atoms with Crippen LogP contribution in [0, 0.1) is 17.2 Å². The molecule has 1 fully saturated rings. The second-order valence-corrected chi connectivity index (χ2v) is 6.42. The normalized spacial score (nSPS) is 22.2. The van der Waals surface area contributed by atoms with Crippen LogP contribution in [0.2, 0.25) is 0 Å². The van der Waals surface area contributed by atoms with E-state index >= 15 is 0 Å². The molecule has 20 heavy (non-hydrogen) atoms. The summed E-state index contributed by atoms with van der Waals surface area (Å²) < 4.78 is 6.04. The number of aliphatic hydroxyl groups excluding tert-OH is 1. The quantitative estimate of drug-likeness (QED) is 0.842. The maximum absolute atomic E-state index is 9.36. The van der Waals surface area contributed by atoms with Crippen LogP contribution in [0.3, 0.4) is 0 Å². The largest absolute Gasteiger partial charge is 0.489 e. The lowest BCUT2D eigenvalue weighted by atomic mass is 9.88. The fourth-order valence-electron chi connectivity index (χ4n) is 2.61. The van der Waals surface area contributed by atoms with Crippen LogP contribution in [0.25, 0.3) is 0 Å². The standard InChI is InChI=1S/C16H21NO2S/c1-2-20-16-5-3-4-15(14(16)10-17)19-13-8-6-12(11-18)7-9-13/h3-5,12-13,18H,2,6-9,11H2,1H3. The number of thioether (sulfide) groups is 1. The zero-order valence-electron chi connectivity index (χ0n) is 11.8. The van der Waals surface area contributed by atoms with Gasteiger partial charge in [-0.2, -0.15) is 5.26 Å². The number of nitriles is 1. The van der Waals surface area contributed by atoms with Crippen molar-refractivity contribution in [2.75, 3.05) is 12.4 Å². The van der Waals surface area contributed by atoms with E-state index in [0.29, 0.717) is 17.2 Å².